The van der Waals surface area contributed by atoms with Crippen LogP contribution in [0, 0.1) is 11.8 Å². The SMILES string of the molecule is OCC1CCOC1CC1CCOC1. The van der Waals surface area contributed by atoms with Crippen LogP contribution in [0.5, 0.6) is 0 Å². The van der Waals surface area contributed by atoms with Crippen LogP contribution < -0.4 is 0 Å². The van der Waals surface area contributed by atoms with Crippen LogP contribution in [0.25, 0.3) is 0 Å². The van der Waals surface area contributed by atoms with E-state index < -0.39 is 0 Å². The third-order valence-electron chi connectivity index (χ3n) is 3.17. The van der Waals surface area contributed by atoms with Crippen LogP contribution in [0.4, 0.5) is 0 Å². The molecule has 2 aliphatic heterocycles. The van der Waals surface area contributed by atoms with E-state index in [1.54, 1.807) is 0 Å². The van der Waals surface area contributed by atoms with Crippen LogP contribution in [0.1, 0.15) is 19.3 Å². The second-order valence-electron chi connectivity index (χ2n) is 4.11. The van der Waals surface area contributed by atoms with E-state index in [1.165, 1.54) is 0 Å². The maximum absolute atomic E-state index is 9.10. The molecule has 2 fully saturated rings. The maximum atomic E-state index is 9.10. The Hall–Kier alpha value is -0.120. The summed E-state index contributed by atoms with van der Waals surface area (Å²) in [6, 6.07) is 0. The van der Waals surface area contributed by atoms with Crippen molar-refractivity contribution >= 4 is 0 Å². The van der Waals surface area contributed by atoms with E-state index in [0.29, 0.717) is 11.8 Å². The van der Waals surface area contributed by atoms with E-state index in [1.807, 2.05) is 0 Å². The quantitative estimate of drug-likeness (QED) is 0.709. The van der Waals surface area contributed by atoms with Crippen molar-refractivity contribution in [1.82, 2.24) is 0 Å². The Kier molecular flexibility index (Phi) is 3.19. The lowest BCUT2D eigenvalue weighted by molar-refractivity contribution is 0.0507. The summed E-state index contributed by atoms with van der Waals surface area (Å²) in [7, 11) is 0. The van der Waals surface area contributed by atoms with Crippen LogP contribution in [0.3, 0.4) is 0 Å². The Balaban J connectivity index is 1.79. The second-order valence-corrected chi connectivity index (χ2v) is 4.11. The molecule has 2 rings (SSSR count). The molecule has 2 heterocycles. The van der Waals surface area contributed by atoms with Crippen LogP contribution in [0.15, 0.2) is 0 Å². The molecule has 0 bridgehead atoms. The van der Waals surface area contributed by atoms with Gasteiger partial charge in [-0.1, -0.05) is 0 Å². The van der Waals surface area contributed by atoms with Gasteiger partial charge in [0.25, 0.3) is 0 Å². The number of rotatable bonds is 3. The normalized spacial score (nSPS) is 39.9. The van der Waals surface area contributed by atoms with Gasteiger partial charge in [0.1, 0.15) is 0 Å². The third kappa shape index (κ3) is 2.22. The first-order valence-electron chi connectivity index (χ1n) is 5.20. The fraction of sp³-hybridized carbons (Fsp3) is 1.00. The first kappa shape index (κ1) is 9.44. The van der Waals surface area contributed by atoms with Crippen LogP contribution >= 0.6 is 0 Å². The number of hydrogen-bond acceptors (Lipinski definition) is 3. The predicted molar refractivity (Wildman–Crippen MR) is 48.5 cm³/mol. The Morgan fingerprint density at radius 1 is 1.23 bits per heavy atom. The standard InChI is InChI=1S/C10H18O3/c11-6-9-2-4-13-10(9)5-8-1-3-12-7-8/h8-11H,1-7H2. The third-order valence-corrected chi connectivity index (χ3v) is 3.17. The highest BCUT2D eigenvalue weighted by Gasteiger charge is 2.30. The first-order valence-corrected chi connectivity index (χ1v) is 5.20. The largest absolute Gasteiger partial charge is 0.396 e. The van der Waals surface area contributed by atoms with Crippen molar-refractivity contribution in [2.24, 2.45) is 11.8 Å². The van der Waals surface area contributed by atoms with E-state index in [-0.39, 0.29) is 12.7 Å². The van der Waals surface area contributed by atoms with E-state index in [9.17, 15) is 0 Å². The number of ether oxygens (including phenoxy) is 2. The number of hydrogen-bond donors (Lipinski definition) is 1. The average molecular weight is 186 g/mol. The minimum absolute atomic E-state index is 0.276. The molecule has 0 aliphatic carbocycles. The molecule has 3 heteroatoms. The monoisotopic (exact) mass is 186 g/mol. The van der Waals surface area contributed by atoms with Gasteiger partial charge in [0.2, 0.25) is 0 Å². The summed E-state index contributed by atoms with van der Waals surface area (Å²) in [5.74, 6) is 1.04. The van der Waals surface area contributed by atoms with Crippen molar-refractivity contribution in [2.45, 2.75) is 25.4 Å². The van der Waals surface area contributed by atoms with Gasteiger partial charge in [-0.2, -0.15) is 0 Å². The summed E-state index contributed by atoms with van der Waals surface area (Å²) in [6.07, 6.45) is 3.55. The fourth-order valence-electron chi connectivity index (χ4n) is 2.26. The lowest BCUT2D eigenvalue weighted by Crippen LogP contribution is -2.22. The zero-order valence-corrected chi connectivity index (χ0v) is 7.95. The summed E-state index contributed by atoms with van der Waals surface area (Å²) >= 11 is 0. The van der Waals surface area contributed by atoms with Crippen LogP contribution in [0.2, 0.25) is 0 Å². The van der Waals surface area contributed by atoms with Crippen molar-refractivity contribution in [2.75, 3.05) is 26.4 Å². The van der Waals surface area contributed by atoms with Crippen LogP contribution in [-0.4, -0.2) is 37.6 Å². The van der Waals surface area contributed by atoms with E-state index >= 15 is 0 Å². The Morgan fingerprint density at radius 2 is 2.15 bits per heavy atom. The first-order chi connectivity index (χ1) is 6.40. The minimum Gasteiger partial charge on any atom is -0.396 e. The summed E-state index contributed by atoms with van der Waals surface area (Å²) in [5.41, 5.74) is 0. The topological polar surface area (TPSA) is 38.7 Å². The molecule has 76 valence electrons. The number of aliphatic hydroxyl groups excluding tert-OH is 1. The predicted octanol–water partition coefficient (Wildman–Crippen LogP) is 0.810. The zero-order valence-electron chi connectivity index (χ0n) is 7.95. The van der Waals surface area contributed by atoms with Crippen molar-refractivity contribution in [1.29, 1.82) is 0 Å². The molecule has 3 unspecified atom stereocenters. The van der Waals surface area contributed by atoms with Gasteiger partial charge < -0.3 is 14.6 Å². The molecule has 3 nitrogen and oxygen atoms in total. The molecule has 2 saturated heterocycles. The van der Waals surface area contributed by atoms with Gasteiger partial charge in [-0.05, 0) is 25.2 Å². The molecule has 0 radical (unpaired) electrons. The van der Waals surface area contributed by atoms with Gasteiger partial charge in [-0.25, -0.2) is 0 Å². The molecule has 0 saturated carbocycles. The van der Waals surface area contributed by atoms with Gasteiger partial charge in [0.15, 0.2) is 0 Å². The molecule has 0 aromatic heterocycles. The molecular weight excluding hydrogens is 168 g/mol. The van der Waals surface area contributed by atoms with Gasteiger partial charge in [-0.15, -0.1) is 0 Å². The second kappa shape index (κ2) is 4.40. The molecule has 0 spiro atoms. The molecule has 3 atom stereocenters. The highest BCUT2D eigenvalue weighted by molar-refractivity contribution is 4.79. The molecule has 2 aliphatic rings. The molecule has 1 N–H and O–H groups in total. The Morgan fingerprint density at radius 3 is 2.85 bits per heavy atom. The molecular formula is C10H18O3. The maximum Gasteiger partial charge on any atom is 0.0629 e. The van der Waals surface area contributed by atoms with Gasteiger partial charge in [0.05, 0.1) is 6.10 Å². The molecule has 0 aromatic carbocycles. The van der Waals surface area contributed by atoms with Crippen molar-refractivity contribution < 1.29 is 14.6 Å². The van der Waals surface area contributed by atoms with E-state index in [0.717, 1.165) is 39.1 Å². The Labute approximate surface area is 79.0 Å². The van der Waals surface area contributed by atoms with Crippen LogP contribution in [-0.2, 0) is 9.47 Å². The van der Waals surface area contributed by atoms with E-state index in [2.05, 4.69) is 0 Å². The summed E-state index contributed by atoms with van der Waals surface area (Å²) in [6.45, 7) is 2.89. The van der Waals surface area contributed by atoms with Gasteiger partial charge in [0, 0.05) is 32.3 Å². The lowest BCUT2D eigenvalue weighted by atomic mass is 9.93. The molecule has 13 heavy (non-hydrogen) atoms. The minimum atomic E-state index is 0.276. The van der Waals surface area contributed by atoms with Crippen molar-refractivity contribution in [3.63, 3.8) is 0 Å². The van der Waals surface area contributed by atoms with Gasteiger partial charge in [-0.3, -0.25) is 0 Å². The summed E-state index contributed by atoms with van der Waals surface area (Å²) in [5, 5.41) is 9.10. The van der Waals surface area contributed by atoms with Gasteiger partial charge >= 0.3 is 0 Å². The molecule has 0 amide bonds. The highest BCUT2D eigenvalue weighted by atomic mass is 16.5. The molecule has 0 aromatic rings. The lowest BCUT2D eigenvalue weighted by Gasteiger charge is -2.19. The zero-order chi connectivity index (χ0) is 9.10. The average Bonchev–Trinajstić information content (AvgIpc) is 2.76. The Bertz CT molecular complexity index is 154. The summed E-state index contributed by atoms with van der Waals surface area (Å²) < 4.78 is 10.9. The van der Waals surface area contributed by atoms with E-state index in [4.69, 9.17) is 14.6 Å². The van der Waals surface area contributed by atoms with Crippen molar-refractivity contribution in [3.8, 4) is 0 Å². The highest BCUT2D eigenvalue weighted by Crippen LogP contribution is 2.28. The smallest absolute Gasteiger partial charge is 0.0629 e. The summed E-state index contributed by atoms with van der Waals surface area (Å²) in [4.78, 5) is 0. The van der Waals surface area contributed by atoms with Crippen molar-refractivity contribution in [3.05, 3.63) is 0 Å². The fourth-order valence-corrected chi connectivity index (χ4v) is 2.26. The number of aliphatic hydroxyl groups is 1.